The Bertz CT molecular complexity index is 420. The molecule has 60 valence electrons. The van der Waals surface area contributed by atoms with Gasteiger partial charge in [-0.15, -0.1) is 0 Å². The van der Waals surface area contributed by atoms with E-state index in [1.165, 1.54) is 6.33 Å². The maximum Gasteiger partial charge on any atom is 0.323 e. The molecule has 0 spiro atoms. The second-order valence-electron chi connectivity index (χ2n) is 2.07. The van der Waals surface area contributed by atoms with E-state index in [0.717, 1.165) is 17.1 Å². The topological polar surface area (TPSA) is 71.5 Å². The quantitative estimate of drug-likeness (QED) is 0.684. The number of aromatic amines is 1. The van der Waals surface area contributed by atoms with Gasteiger partial charge in [-0.05, 0) is 0 Å². The zero-order valence-corrected chi connectivity index (χ0v) is 6.71. The van der Waals surface area contributed by atoms with Crippen molar-refractivity contribution < 1.29 is 0 Å². The molecule has 12 heavy (non-hydrogen) atoms. The van der Waals surface area contributed by atoms with Crippen LogP contribution in [-0.4, -0.2) is 19.3 Å². The van der Waals surface area contributed by atoms with Crippen LogP contribution in [0.1, 0.15) is 0 Å². The Morgan fingerprint density at radius 1 is 1.33 bits per heavy atom. The lowest BCUT2D eigenvalue weighted by molar-refractivity contribution is 1.15. The van der Waals surface area contributed by atoms with E-state index >= 15 is 0 Å². The number of H-pyrrole nitrogens is 1. The number of hydrogen-bond acceptors (Lipinski definition) is 5. The third-order valence-corrected chi connectivity index (χ3v) is 1.82. The van der Waals surface area contributed by atoms with Crippen molar-refractivity contribution in [2.45, 2.75) is 0 Å². The molecule has 2 heterocycles. The molecule has 1 N–H and O–H groups in total. The highest BCUT2D eigenvalue weighted by molar-refractivity contribution is 7.03. The molecule has 6 heteroatoms. The number of nitrogens with one attached hydrogen (secondary N) is 1. The summed E-state index contributed by atoms with van der Waals surface area (Å²) in [5.41, 5.74) is 0.718. The molecule has 2 aromatic heterocycles. The van der Waals surface area contributed by atoms with Crippen molar-refractivity contribution in [2.24, 2.45) is 0 Å². The fourth-order valence-electron chi connectivity index (χ4n) is 0.776. The van der Waals surface area contributed by atoms with Crippen LogP contribution >= 0.6 is 11.5 Å². The van der Waals surface area contributed by atoms with E-state index in [1.807, 2.05) is 0 Å². The first-order chi connectivity index (χ1) is 5.86. The van der Waals surface area contributed by atoms with Crippen LogP contribution in [0.3, 0.4) is 0 Å². The van der Waals surface area contributed by atoms with Crippen LogP contribution in [0.25, 0.3) is 11.4 Å². The normalized spacial score (nSPS) is 10.0. The van der Waals surface area contributed by atoms with Crippen LogP contribution in [0.5, 0.6) is 0 Å². The molecule has 0 saturated heterocycles. The lowest BCUT2D eigenvalue weighted by atomic mass is 10.3. The van der Waals surface area contributed by atoms with Gasteiger partial charge in [-0.2, -0.15) is 4.37 Å². The molecule has 0 aromatic carbocycles. The summed E-state index contributed by atoms with van der Waals surface area (Å²) in [6.45, 7) is 0. The van der Waals surface area contributed by atoms with Gasteiger partial charge in [0.1, 0.15) is 6.33 Å². The van der Waals surface area contributed by atoms with Crippen molar-refractivity contribution in [1.29, 1.82) is 0 Å². The molecule has 0 unspecified atom stereocenters. The minimum Gasteiger partial charge on any atom is -0.295 e. The molecule has 0 aliphatic heterocycles. The van der Waals surface area contributed by atoms with E-state index in [0.29, 0.717) is 5.82 Å². The lowest BCUT2D eigenvalue weighted by Gasteiger charge is -1.90. The molecule has 0 amide bonds. The van der Waals surface area contributed by atoms with Crippen molar-refractivity contribution in [1.82, 2.24) is 19.3 Å². The standard InChI is InChI=1S/C6H4N4OS/c11-6-9-5(10-12-6)4-1-7-3-8-2-4/h1-3H,(H,9,10,11). The number of aromatic nitrogens is 4. The van der Waals surface area contributed by atoms with Crippen molar-refractivity contribution in [2.75, 3.05) is 0 Å². The molecule has 0 aliphatic rings. The summed E-state index contributed by atoms with van der Waals surface area (Å²) in [7, 11) is 0. The molecule has 0 radical (unpaired) electrons. The van der Waals surface area contributed by atoms with Crippen LogP contribution in [0.15, 0.2) is 23.5 Å². The van der Waals surface area contributed by atoms with E-state index in [2.05, 4.69) is 19.3 Å². The third kappa shape index (κ3) is 1.24. The van der Waals surface area contributed by atoms with Gasteiger partial charge in [-0.1, -0.05) is 0 Å². The zero-order valence-electron chi connectivity index (χ0n) is 5.89. The molecule has 0 aliphatic carbocycles. The second-order valence-corrected chi connectivity index (χ2v) is 2.81. The molecule has 0 fully saturated rings. The van der Waals surface area contributed by atoms with Crippen LogP contribution in [0.4, 0.5) is 0 Å². The maximum absolute atomic E-state index is 10.7. The van der Waals surface area contributed by atoms with E-state index < -0.39 is 0 Å². The van der Waals surface area contributed by atoms with Gasteiger partial charge in [0.15, 0.2) is 5.82 Å². The number of nitrogens with zero attached hydrogens (tertiary/aromatic N) is 3. The minimum absolute atomic E-state index is 0.172. The summed E-state index contributed by atoms with van der Waals surface area (Å²) in [4.78, 5) is 20.7. The molecule has 2 aromatic rings. The Labute approximate surface area is 71.3 Å². The summed E-state index contributed by atoms with van der Waals surface area (Å²) in [6, 6.07) is 0. The Balaban J connectivity index is 2.51. The van der Waals surface area contributed by atoms with Crippen LogP contribution in [0.2, 0.25) is 0 Å². The Hall–Kier alpha value is -1.56. The fraction of sp³-hybridized carbons (Fsp3) is 0. The largest absolute Gasteiger partial charge is 0.323 e. The lowest BCUT2D eigenvalue weighted by Crippen LogP contribution is -1.92. The van der Waals surface area contributed by atoms with Gasteiger partial charge in [0.25, 0.3) is 0 Å². The van der Waals surface area contributed by atoms with Gasteiger partial charge in [0.2, 0.25) is 0 Å². The van der Waals surface area contributed by atoms with Crippen molar-refractivity contribution in [3.05, 3.63) is 28.4 Å². The summed E-state index contributed by atoms with van der Waals surface area (Å²) in [5.74, 6) is 0.519. The molecule has 2 rings (SSSR count). The fourth-order valence-corrected chi connectivity index (χ4v) is 1.24. The summed E-state index contributed by atoms with van der Waals surface area (Å²) in [5, 5.41) is 0. The van der Waals surface area contributed by atoms with Gasteiger partial charge in [0, 0.05) is 23.9 Å². The minimum atomic E-state index is -0.172. The average molecular weight is 180 g/mol. The van der Waals surface area contributed by atoms with Crippen LogP contribution in [0, 0.1) is 0 Å². The zero-order chi connectivity index (χ0) is 8.39. The Kier molecular flexibility index (Phi) is 1.67. The number of hydrogen-bond donors (Lipinski definition) is 1. The van der Waals surface area contributed by atoms with Crippen LogP contribution in [-0.2, 0) is 0 Å². The Morgan fingerprint density at radius 3 is 2.67 bits per heavy atom. The third-order valence-electron chi connectivity index (χ3n) is 1.27. The first kappa shape index (κ1) is 7.11. The predicted octanol–water partition coefficient (Wildman–Crippen LogP) is 0.288. The SMILES string of the molecule is O=c1[nH]c(-c2cncnc2)ns1. The first-order valence-corrected chi connectivity index (χ1v) is 3.95. The number of rotatable bonds is 1. The van der Waals surface area contributed by atoms with Gasteiger partial charge in [-0.25, -0.2) is 9.97 Å². The molecular weight excluding hydrogens is 176 g/mol. The maximum atomic E-state index is 10.7. The van der Waals surface area contributed by atoms with Gasteiger partial charge in [0.05, 0.1) is 5.56 Å². The highest BCUT2D eigenvalue weighted by Gasteiger charge is 2.01. The van der Waals surface area contributed by atoms with E-state index in [-0.39, 0.29) is 4.87 Å². The molecular formula is C6H4N4OS. The molecule has 0 saturated carbocycles. The second kappa shape index (κ2) is 2.82. The smallest absolute Gasteiger partial charge is 0.295 e. The van der Waals surface area contributed by atoms with E-state index in [1.54, 1.807) is 12.4 Å². The van der Waals surface area contributed by atoms with Crippen molar-refractivity contribution >= 4 is 11.5 Å². The summed E-state index contributed by atoms with van der Waals surface area (Å²) >= 11 is 0.883. The average Bonchev–Trinajstić information content (AvgIpc) is 2.54. The van der Waals surface area contributed by atoms with E-state index in [4.69, 9.17) is 0 Å². The molecule has 0 atom stereocenters. The molecule has 0 bridgehead atoms. The Morgan fingerprint density at radius 2 is 2.08 bits per heavy atom. The highest BCUT2D eigenvalue weighted by Crippen LogP contribution is 2.09. The van der Waals surface area contributed by atoms with Gasteiger partial charge < -0.3 is 0 Å². The van der Waals surface area contributed by atoms with Gasteiger partial charge >= 0.3 is 4.87 Å². The van der Waals surface area contributed by atoms with E-state index in [9.17, 15) is 4.79 Å². The first-order valence-electron chi connectivity index (χ1n) is 3.17. The summed E-state index contributed by atoms with van der Waals surface area (Å²) < 4.78 is 3.88. The van der Waals surface area contributed by atoms with Gasteiger partial charge in [-0.3, -0.25) is 9.78 Å². The molecule has 5 nitrogen and oxygen atoms in total. The predicted molar refractivity (Wildman–Crippen MR) is 43.8 cm³/mol. The monoisotopic (exact) mass is 180 g/mol. The van der Waals surface area contributed by atoms with Crippen molar-refractivity contribution in [3.63, 3.8) is 0 Å². The highest BCUT2D eigenvalue weighted by atomic mass is 32.1. The summed E-state index contributed by atoms with van der Waals surface area (Å²) in [6.07, 6.45) is 4.62. The van der Waals surface area contributed by atoms with Crippen LogP contribution < -0.4 is 4.87 Å². The van der Waals surface area contributed by atoms with Crippen molar-refractivity contribution in [3.8, 4) is 11.4 Å².